The molecule has 2 aromatic heterocycles. The van der Waals surface area contributed by atoms with Crippen LogP contribution in [0.25, 0.3) is 11.4 Å². The van der Waals surface area contributed by atoms with Crippen molar-refractivity contribution in [2.75, 3.05) is 0 Å². The second kappa shape index (κ2) is 8.48. The van der Waals surface area contributed by atoms with Crippen molar-refractivity contribution in [3.8, 4) is 11.4 Å². The van der Waals surface area contributed by atoms with Crippen LogP contribution in [0.3, 0.4) is 0 Å². The third-order valence-electron chi connectivity index (χ3n) is 2.09. The molecule has 2 rings (SSSR count). The van der Waals surface area contributed by atoms with Crippen molar-refractivity contribution >= 4 is 0 Å². The van der Waals surface area contributed by atoms with Gasteiger partial charge < -0.3 is 24.8 Å². The first-order valence-electron chi connectivity index (χ1n) is 4.61. The third kappa shape index (κ3) is 5.05. The van der Waals surface area contributed by atoms with Crippen molar-refractivity contribution in [3.63, 3.8) is 0 Å². The minimum absolute atomic E-state index is 0. The molecule has 0 saturated carbocycles. The summed E-state index contributed by atoms with van der Waals surface area (Å²) in [6.07, 6.45) is 3.63. The molecule has 0 aliphatic rings. The van der Waals surface area contributed by atoms with Crippen LogP contribution in [0.5, 0.6) is 0 Å². The zero-order valence-corrected chi connectivity index (χ0v) is 11.9. The van der Waals surface area contributed by atoms with E-state index < -0.39 is 0 Å². The monoisotopic (exact) mass is 317 g/mol. The van der Waals surface area contributed by atoms with Gasteiger partial charge in [-0.05, 0) is 49.2 Å². The number of nitrogens with zero attached hydrogens (tertiary/aromatic N) is 2. The summed E-state index contributed by atoms with van der Waals surface area (Å²) in [5.74, 6) is 0. The molecule has 1 radical (unpaired) electrons. The van der Waals surface area contributed by atoms with Gasteiger partial charge in [-0.1, -0.05) is 0 Å². The summed E-state index contributed by atoms with van der Waals surface area (Å²) in [6, 6.07) is 8.06. The van der Waals surface area contributed by atoms with Gasteiger partial charge >= 0.3 is 17.1 Å². The number of rotatable bonds is 1. The molecule has 2 aromatic rings. The number of pyridine rings is 2. The van der Waals surface area contributed by atoms with Crippen molar-refractivity contribution in [3.05, 3.63) is 47.8 Å². The van der Waals surface area contributed by atoms with Crippen molar-refractivity contribution in [1.82, 2.24) is 9.97 Å². The summed E-state index contributed by atoms with van der Waals surface area (Å²) in [6.45, 7) is 4.11. The summed E-state index contributed by atoms with van der Waals surface area (Å²) >= 11 is 0. The van der Waals surface area contributed by atoms with Crippen LogP contribution in [0.2, 0.25) is 0 Å². The van der Waals surface area contributed by atoms with Crippen LogP contribution in [0.4, 0.5) is 0 Å². The third-order valence-corrected chi connectivity index (χ3v) is 2.09. The van der Waals surface area contributed by atoms with E-state index in [9.17, 15) is 0 Å². The number of aryl methyl sites for hydroxylation is 2. The van der Waals surface area contributed by atoms with Crippen molar-refractivity contribution in [2.45, 2.75) is 13.8 Å². The topological polar surface area (TPSA) is 25.8 Å². The smallest absolute Gasteiger partial charge is 1.00 e. The van der Waals surface area contributed by atoms with Crippen molar-refractivity contribution < 1.29 is 41.9 Å². The molecule has 0 spiro atoms. The van der Waals surface area contributed by atoms with Crippen LogP contribution >= 0.6 is 0 Å². The average Bonchev–Trinajstić information content (AvgIpc) is 2.18. The van der Waals surface area contributed by atoms with Gasteiger partial charge in [-0.3, -0.25) is 9.97 Å². The molecule has 17 heavy (non-hydrogen) atoms. The minimum atomic E-state index is 0. The first-order valence-corrected chi connectivity index (χ1v) is 4.61. The maximum Gasteiger partial charge on any atom is 2.00 e. The summed E-state index contributed by atoms with van der Waals surface area (Å²) in [7, 11) is 0. The molecular formula is C12H12Cl2CuN2. The minimum Gasteiger partial charge on any atom is -1.00 e. The maximum atomic E-state index is 4.29. The molecule has 0 N–H and O–H groups in total. The van der Waals surface area contributed by atoms with E-state index >= 15 is 0 Å². The zero-order valence-electron chi connectivity index (χ0n) is 9.42. The van der Waals surface area contributed by atoms with E-state index in [4.69, 9.17) is 0 Å². The number of hydrogen-bond acceptors (Lipinski definition) is 2. The van der Waals surface area contributed by atoms with E-state index in [2.05, 4.69) is 23.8 Å². The predicted octanol–water partition coefficient (Wildman–Crippen LogP) is -3.23. The van der Waals surface area contributed by atoms with Gasteiger partial charge in [0.25, 0.3) is 0 Å². The molecule has 0 unspecified atom stereocenters. The van der Waals surface area contributed by atoms with Crippen molar-refractivity contribution in [1.29, 1.82) is 0 Å². The van der Waals surface area contributed by atoms with Crippen LogP contribution < -0.4 is 24.8 Å². The van der Waals surface area contributed by atoms with Crippen LogP contribution in [0.15, 0.2) is 36.7 Å². The molecule has 0 aliphatic carbocycles. The van der Waals surface area contributed by atoms with Crippen LogP contribution in [-0.4, -0.2) is 9.97 Å². The molecule has 2 heterocycles. The van der Waals surface area contributed by atoms with Gasteiger partial charge in [-0.15, -0.1) is 0 Å². The molecule has 0 fully saturated rings. The van der Waals surface area contributed by atoms with Gasteiger partial charge in [0, 0.05) is 12.4 Å². The molecule has 0 bridgehead atoms. The first kappa shape index (κ1) is 18.8. The Labute approximate surface area is 125 Å². The predicted molar refractivity (Wildman–Crippen MR) is 56.9 cm³/mol. The van der Waals surface area contributed by atoms with Gasteiger partial charge in [0.2, 0.25) is 0 Å². The summed E-state index contributed by atoms with van der Waals surface area (Å²) in [5.41, 5.74) is 4.29. The van der Waals surface area contributed by atoms with E-state index in [0.29, 0.717) is 0 Å². The fourth-order valence-electron chi connectivity index (χ4n) is 1.35. The van der Waals surface area contributed by atoms with E-state index in [-0.39, 0.29) is 41.9 Å². The van der Waals surface area contributed by atoms with Gasteiger partial charge in [0.15, 0.2) is 0 Å². The Morgan fingerprint density at radius 2 is 1.12 bits per heavy atom. The number of aromatic nitrogens is 2. The summed E-state index contributed by atoms with van der Waals surface area (Å²) in [4.78, 5) is 8.58. The van der Waals surface area contributed by atoms with Gasteiger partial charge in [-0.2, -0.15) is 0 Å². The Hall–Kier alpha value is -0.601. The molecule has 0 aliphatic heterocycles. The second-order valence-corrected chi connectivity index (χ2v) is 3.44. The summed E-state index contributed by atoms with van der Waals surface area (Å²) in [5, 5.41) is 0. The van der Waals surface area contributed by atoms with E-state index in [1.54, 1.807) is 0 Å². The quantitative estimate of drug-likeness (QED) is 0.517. The summed E-state index contributed by atoms with van der Waals surface area (Å²) < 4.78 is 0. The number of hydrogen-bond donors (Lipinski definition) is 0. The Morgan fingerprint density at radius 3 is 1.41 bits per heavy atom. The van der Waals surface area contributed by atoms with Crippen LogP contribution in [0.1, 0.15) is 11.1 Å². The van der Waals surface area contributed by atoms with E-state index in [1.807, 2.05) is 36.7 Å². The Kier molecular flexibility index (Phi) is 9.36. The van der Waals surface area contributed by atoms with Gasteiger partial charge in [0.1, 0.15) is 0 Å². The van der Waals surface area contributed by atoms with E-state index in [1.165, 1.54) is 11.1 Å². The molecular weight excluding hydrogens is 307 g/mol. The normalized spacial score (nSPS) is 8.35. The van der Waals surface area contributed by atoms with E-state index in [0.717, 1.165) is 11.4 Å². The standard InChI is InChI=1S/C12H12N2.2ClH.Cu/c1-9-3-5-13-11(7-9)12-8-10(2)4-6-14-12;;;/h3-8H,1-2H3;2*1H;/q;;;+2/p-2. The molecule has 0 saturated heterocycles. The largest absolute Gasteiger partial charge is 2.00 e. The fraction of sp³-hybridized carbons (Fsp3) is 0.167. The number of halogens is 2. The first-order chi connectivity index (χ1) is 6.75. The van der Waals surface area contributed by atoms with Crippen molar-refractivity contribution in [2.24, 2.45) is 0 Å². The molecule has 0 atom stereocenters. The fourth-order valence-corrected chi connectivity index (χ4v) is 1.35. The second-order valence-electron chi connectivity index (χ2n) is 3.44. The zero-order chi connectivity index (χ0) is 9.97. The molecule has 0 aromatic carbocycles. The Balaban J connectivity index is 0. The van der Waals surface area contributed by atoms with Gasteiger partial charge in [0.05, 0.1) is 11.4 Å². The molecule has 2 nitrogen and oxygen atoms in total. The SMILES string of the molecule is Cc1ccnc(-c2cc(C)ccn2)c1.[Cl-].[Cl-].[Cu+2]. The van der Waals surface area contributed by atoms with Crippen LogP contribution in [0, 0.1) is 13.8 Å². The maximum absolute atomic E-state index is 4.29. The Morgan fingerprint density at radius 1 is 0.765 bits per heavy atom. The molecule has 5 heteroatoms. The molecule has 95 valence electrons. The molecule has 0 amide bonds. The average molecular weight is 319 g/mol. The van der Waals surface area contributed by atoms with Crippen LogP contribution in [-0.2, 0) is 17.1 Å². The Bertz CT molecular complexity index is 420. The van der Waals surface area contributed by atoms with Gasteiger partial charge in [-0.25, -0.2) is 0 Å².